The molecule has 9 heteroatoms. The van der Waals surface area contributed by atoms with Crippen molar-refractivity contribution in [2.24, 2.45) is 5.73 Å². The van der Waals surface area contributed by atoms with E-state index in [9.17, 15) is 19.4 Å². The lowest BCUT2D eigenvalue weighted by Gasteiger charge is -2.23. The fourth-order valence-electron chi connectivity index (χ4n) is 5.03. The molecular formula is C35H69N2O6P. The Hall–Kier alpha value is -1.02. The Labute approximate surface area is 270 Å². The molecule has 0 heterocycles. The second-order valence-electron chi connectivity index (χ2n) is 12.1. The number of rotatable bonds is 33. The molecule has 0 rings (SSSR count). The average Bonchev–Trinajstić information content (AvgIpc) is 3.01. The van der Waals surface area contributed by atoms with Crippen molar-refractivity contribution < 1.29 is 28.4 Å². The van der Waals surface area contributed by atoms with Gasteiger partial charge in [-0.25, -0.2) is 4.57 Å². The molecular weight excluding hydrogens is 575 g/mol. The number of phosphoric acid groups is 1. The second kappa shape index (κ2) is 31.9. The van der Waals surface area contributed by atoms with E-state index in [0.717, 1.165) is 38.5 Å². The smallest absolute Gasteiger partial charge is 0.387 e. The number of amides is 1. The van der Waals surface area contributed by atoms with Crippen LogP contribution in [-0.4, -0.2) is 47.8 Å². The highest BCUT2D eigenvalue weighted by Crippen LogP contribution is 2.43. The summed E-state index contributed by atoms with van der Waals surface area (Å²) in [5.41, 5.74) is 5.34. The number of carbonyl (C=O) groups excluding carboxylic acids is 1. The van der Waals surface area contributed by atoms with Crippen LogP contribution in [0, 0.1) is 0 Å². The molecule has 3 unspecified atom stereocenters. The minimum Gasteiger partial charge on any atom is -0.387 e. The van der Waals surface area contributed by atoms with E-state index in [1.807, 2.05) is 6.08 Å². The van der Waals surface area contributed by atoms with Crippen molar-refractivity contribution in [1.82, 2.24) is 5.32 Å². The van der Waals surface area contributed by atoms with Crippen LogP contribution in [-0.2, 0) is 18.4 Å². The first-order valence-corrected chi connectivity index (χ1v) is 19.5. The monoisotopic (exact) mass is 644 g/mol. The fourth-order valence-corrected chi connectivity index (χ4v) is 5.79. The van der Waals surface area contributed by atoms with Gasteiger partial charge in [-0.1, -0.05) is 147 Å². The summed E-state index contributed by atoms with van der Waals surface area (Å²) in [7, 11) is -4.33. The van der Waals surface area contributed by atoms with Crippen LogP contribution in [0.5, 0.6) is 0 Å². The zero-order chi connectivity index (χ0) is 32.6. The molecule has 0 aliphatic heterocycles. The summed E-state index contributed by atoms with van der Waals surface area (Å²) in [6, 6.07) is -0.870. The maximum absolute atomic E-state index is 12.6. The van der Waals surface area contributed by atoms with Crippen molar-refractivity contribution >= 4 is 13.7 Å². The van der Waals surface area contributed by atoms with E-state index < -0.39 is 20.0 Å². The minimum absolute atomic E-state index is 0.0754. The number of aliphatic hydroxyl groups is 1. The van der Waals surface area contributed by atoms with E-state index in [1.165, 1.54) is 103 Å². The van der Waals surface area contributed by atoms with Crippen LogP contribution in [0.25, 0.3) is 0 Å². The van der Waals surface area contributed by atoms with E-state index in [0.29, 0.717) is 6.42 Å². The Morgan fingerprint density at radius 2 is 1.20 bits per heavy atom. The molecule has 0 spiro atoms. The summed E-state index contributed by atoms with van der Waals surface area (Å²) in [4.78, 5) is 22.5. The summed E-state index contributed by atoms with van der Waals surface area (Å²) in [6.45, 7) is 4.08. The van der Waals surface area contributed by atoms with Gasteiger partial charge in [-0.05, 0) is 32.1 Å². The lowest BCUT2D eigenvalue weighted by molar-refractivity contribution is -0.123. The van der Waals surface area contributed by atoms with E-state index in [4.69, 9.17) is 14.8 Å². The van der Waals surface area contributed by atoms with Gasteiger partial charge in [-0.3, -0.25) is 13.8 Å². The second-order valence-corrected chi connectivity index (χ2v) is 13.5. The number of allylic oxidation sites excluding steroid dienone is 3. The highest BCUT2D eigenvalue weighted by atomic mass is 31.2. The van der Waals surface area contributed by atoms with Crippen LogP contribution in [0.15, 0.2) is 24.3 Å². The number of nitrogens with one attached hydrogen (secondary N) is 1. The molecule has 1 amide bonds. The summed E-state index contributed by atoms with van der Waals surface area (Å²) in [5, 5.41) is 13.5. The molecule has 0 bridgehead atoms. The van der Waals surface area contributed by atoms with Gasteiger partial charge in [-0.15, -0.1) is 0 Å². The van der Waals surface area contributed by atoms with Crippen LogP contribution in [0.1, 0.15) is 162 Å². The summed E-state index contributed by atoms with van der Waals surface area (Å²) >= 11 is 0. The van der Waals surface area contributed by atoms with Gasteiger partial charge in [0.1, 0.15) is 0 Å². The molecule has 3 atom stereocenters. The summed E-state index contributed by atoms with van der Waals surface area (Å²) in [6.07, 6.45) is 33.6. The predicted octanol–water partition coefficient (Wildman–Crippen LogP) is 9.05. The summed E-state index contributed by atoms with van der Waals surface area (Å²) in [5.74, 6) is -0.206. The minimum atomic E-state index is -4.33. The SMILES string of the molecule is CCCCCCCC/C=C/CC/C=C/C(O)C(COP(=O)(O)OCCN)NC(=O)CCCCCCCCCCCCCCC. The van der Waals surface area contributed by atoms with Crippen molar-refractivity contribution in [3.05, 3.63) is 24.3 Å². The van der Waals surface area contributed by atoms with Crippen LogP contribution in [0.4, 0.5) is 0 Å². The number of hydrogen-bond donors (Lipinski definition) is 4. The van der Waals surface area contributed by atoms with Gasteiger partial charge in [-0.2, -0.15) is 0 Å². The number of phosphoric ester groups is 1. The normalized spacial score (nSPS) is 14.8. The lowest BCUT2D eigenvalue weighted by atomic mass is 10.0. The molecule has 0 radical (unpaired) electrons. The first-order chi connectivity index (χ1) is 21.4. The largest absolute Gasteiger partial charge is 0.472 e. The third kappa shape index (κ3) is 29.7. The number of hydrogen-bond acceptors (Lipinski definition) is 6. The lowest BCUT2D eigenvalue weighted by Crippen LogP contribution is -2.45. The van der Waals surface area contributed by atoms with Gasteiger partial charge in [0.2, 0.25) is 5.91 Å². The Morgan fingerprint density at radius 3 is 1.75 bits per heavy atom. The van der Waals surface area contributed by atoms with E-state index >= 15 is 0 Å². The zero-order valence-electron chi connectivity index (χ0n) is 28.4. The highest BCUT2D eigenvalue weighted by molar-refractivity contribution is 7.47. The molecule has 0 saturated heterocycles. The summed E-state index contributed by atoms with van der Waals surface area (Å²) < 4.78 is 22.0. The zero-order valence-corrected chi connectivity index (χ0v) is 29.3. The van der Waals surface area contributed by atoms with Gasteiger partial charge in [0.15, 0.2) is 0 Å². The third-order valence-electron chi connectivity index (χ3n) is 7.78. The Balaban J connectivity index is 4.39. The van der Waals surface area contributed by atoms with Crippen LogP contribution >= 0.6 is 7.82 Å². The molecule has 0 aliphatic carbocycles. The third-order valence-corrected chi connectivity index (χ3v) is 8.76. The Kier molecular flexibility index (Phi) is 31.2. The Bertz CT molecular complexity index is 749. The van der Waals surface area contributed by atoms with Gasteiger partial charge in [0.05, 0.1) is 25.4 Å². The van der Waals surface area contributed by atoms with Crippen LogP contribution in [0.2, 0.25) is 0 Å². The molecule has 0 aromatic carbocycles. The van der Waals surface area contributed by atoms with Crippen molar-refractivity contribution in [3.8, 4) is 0 Å². The van der Waals surface area contributed by atoms with Crippen LogP contribution in [0.3, 0.4) is 0 Å². The molecule has 0 saturated carbocycles. The van der Waals surface area contributed by atoms with Crippen molar-refractivity contribution in [2.45, 2.75) is 174 Å². The van der Waals surface area contributed by atoms with E-state index in [1.54, 1.807) is 6.08 Å². The van der Waals surface area contributed by atoms with Gasteiger partial charge in [0, 0.05) is 13.0 Å². The molecule has 44 heavy (non-hydrogen) atoms. The van der Waals surface area contributed by atoms with Crippen molar-refractivity contribution in [2.75, 3.05) is 19.8 Å². The topological polar surface area (TPSA) is 131 Å². The van der Waals surface area contributed by atoms with Crippen molar-refractivity contribution in [1.29, 1.82) is 0 Å². The maximum atomic E-state index is 12.6. The standard InChI is InChI=1S/C35H69N2O6P/c1-3-5-7-9-11-13-15-17-19-21-23-25-27-29-35(39)37-33(32-43-44(40,41)42-31-30-36)34(38)28-26-24-22-20-18-16-14-12-10-8-6-4-2/h18,20,26,28,33-34,38H,3-17,19,21-25,27,29-32,36H2,1-2H3,(H,37,39)(H,40,41)/b20-18+,28-26+. The first kappa shape index (κ1) is 43.0. The first-order valence-electron chi connectivity index (χ1n) is 18.0. The van der Waals surface area contributed by atoms with Gasteiger partial charge in [0.25, 0.3) is 0 Å². The predicted molar refractivity (Wildman–Crippen MR) is 185 cm³/mol. The van der Waals surface area contributed by atoms with E-state index in [-0.39, 0.29) is 25.7 Å². The quantitative estimate of drug-likeness (QED) is 0.0318. The van der Waals surface area contributed by atoms with Crippen molar-refractivity contribution in [3.63, 3.8) is 0 Å². The molecule has 0 fully saturated rings. The van der Waals surface area contributed by atoms with E-state index in [2.05, 4.69) is 31.3 Å². The molecule has 8 nitrogen and oxygen atoms in total. The Morgan fingerprint density at radius 1 is 0.727 bits per heavy atom. The van der Waals surface area contributed by atoms with Crippen LogP contribution < -0.4 is 11.1 Å². The fraction of sp³-hybridized carbons (Fsp3) is 0.857. The molecule has 0 aromatic rings. The average molecular weight is 645 g/mol. The van der Waals surface area contributed by atoms with Gasteiger partial charge < -0.3 is 21.1 Å². The molecule has 0 aromatic heterocycles. The molecule has 5 N–H and O–H groups in total. The molecule has 0 aliphatic rings. The van der Waals surface area contributed by atoms with Gasteiger partial charge >= 0.3 is 7.82 Å². The number of unbranched alkanes of at least 4 members (excludes halogenated alkanes) is 19. The molecule has 260 valence electrons. The number of nitrogens with two attached hydrogens (primary N) is 1. The number of aliphatic hydroxyl groups excluding tert-OH is 1. The highest BCUT2D eigenvalue weighted by Gasteiger charge is 2.26. The number of carbonyl (C=O) groups is 1. The maximum Gasteiger partial charge on any atom is 0.472 e.